The van der Waals surface area contributed by atoms with Gasteiger partial charge in [-0.1, -0.05) is 17.7 Å². The smallest absolute Gasteiger partial charge is 0.234 e. The number of amides is 1. The lowest BCUT2D eigenvalue weighted by atomic mass is 10.1. The summed E-state index contributed by atoms with van der Waals surface area (Å²) in [7, 11) is 0. The number of alkyl halides is 1. The molecule has 1 N–H and O–H groups in total. The molecule has 0 spiro atoms. The first-order valence-electron chi connectivity index (χ1n) is 6.09. The molecule has 106 valence electrons. The molecule has 6 heteroatoms. The second-order valence-corrected chi connectivity index (χ2v) is 6.00. The lowest BCUT2D eigenvalue weighted by Gasteiger charge is -2.12. The monoisotopic (exact) mass is 328 g/mol. The minimum Gasteiger partial charge on any atom is -0.325 e. The van der Waals surface area contributed by atoms with Crippen molar-refractivity contribution >= 4 is 46.1 Å². The molecule has 1 aromatic carbocycles. The quantitative estimate of drug-likeness (QED) is 0.834. The fraction of sp³-hybridized carbons (Fsp3) is 0.286. The standard InChI is InChI=1S/C14H14Cl2N2OS/c1-8-11(16)4-3-5-12(8)18-13(19)9(2)14-17-10(6-15)7-20-14/h3-5,7,9H,6H2,1-2H3,(H,18,19). The van der Waals surface area contributed by atoms with E-state index in [9.17, 15) is 4.79 Å². The van der Waals surface area contributed by atoms with Gasteiger partial charge < -0.3 is 5.32 Å². The second-order valence-electron chi connectivity index (χ2n) is 4.43. The van der Waals surface area contributed by atoms with Crippen LogP contribution >= 0.6 is 34.5 Å². The van der Waals surface area contributed by atoms with E-state index in [0.717, 1.165) is 22.0 Å². The van der Waals surface area contributed by atoms with Gasteiger partial charge in [0.25, 0.3) is 0 Å². The molecule has 1 heterocycles. The molecule has 0 fully saturated rings. The normalized spacial score (nSPS) is 12.2. The molecule has 2 rings (SSSR count). The lowest BCUT2D eigenvalue weighted by Crippen LogP contribution is -2.19. The van der Waals surface area contributed by atoms with Crippen molar-refractivity contribution in [2.45, 2.75) is 25.6 Å². The summed E-state index contributed by atoms with van der Waals surface area (Å²) in [6.07, 6.45) is 0. The zero-order chi connectivity index (χ0) is 14.7. The summed E-state index contributed by atoms with van der Waals surface area (Å²) in [5.41, 5.74) is 2.38. The Morgan fingerprint density at radius 1 is 1.50 bits per heavy atom. The van der Waals surface area contributed by atoms with Crippen LogP contribution in [-0.4, -0.2) is 10.9 Å². The average Bonchev–Trinajstić information content (AvgIpc) is 2.91. The number of nitrogens with zero attached hydrogens (tertiary/aromatic N) is 1. The summed E-state index contributed by atoms with van der Waals surface area (Å²) in [5.74, 6) is -0.0701. The number of rotatable bonds is 4. The molecule has 0 saturated carbocycles. The molecule has 2 aromatic rings. The van der Waals surface area contributed by atoms with E-state index in [2.05, 4.69) is 10.3 Å². The van der Waals surface area contributed by atoms with Gasteiger partial charge in [0.05, 0.1) is 17.5 Å². The maximum absolute atomic E-state index is 12.3. The van der Waals surface area contributed by atoms with Crippen LogP contribution in [-0.2, 0) is 10.7 Å². The van der Waals surface area contributed by atoms with Crippen molar-refractivity contribution in [3.8, 4) is 0 Å². The topological polar surface area (TPSA) is 42.0 Å². The van der Waals surface area contributed by atoms with Crippen LogP contribution in [0, 0.1) is 6.92 Å². The molecule has 1 aromatic heterocycles. The Morgan fingerprint density at radius 3 is 2.90 bits per heavy atom. The minimum atomic E-state index is -0.324. The van der Waals surface area contributed by atoms with Crippen LogP contribution < -0.4 is 5.32 Å². The first-order valence-corrected chi connectivity index (χ1v) is 7.88. The highest BCUT2D eigenvalue weighted by Crippen LogP contribution is 2.26. The van der Waals surface area contributed by atoms with Crippen LogP contribution in [0.15, 0.2) is 23.6 Å². The molecule has 1 unspecified atom stereocenters. The number of thiazole rings is 1. The van der Waals surface area contributed by atoms with Gasteiger partial charge in [-0.15, -0.1) is 22.9 Å². The molecule has 0 saturated heterocycles. The molecular weight excluding hydrogens is 315 g/mol. The zero-order valence-corrected chi connectivity index (χ0v) is 13.4. The van der Waals surface area contributed by atoms with Crippen molar-refractivity contribution in [2.24, 2.45) is 0 Å². The highest BCUT2D eigenvalue weighted by atomic mass is 35.5. The van der Waals surface area contributed by atoms with Gasteiger partial charge in [0, 0.05) is 16.1 Å². The molecule has 0 bridgehead atoms. The van der Waals surface area contributed by atoms with Crippen LogP contribution in [0.1, 0.15) is 29.1 Å². The summed E-state index contributed by atoms with van der Waals surface area (Å²) in [6, 6.07) is 5.44. The van der Waals surface area contributed by atoms with Gasteiger partial charge in [0.2, 0.25) is 5.91 Å². The Labute approximate surface area is 131 Å². The summed E-state index contributed by atoms with van der Waals surface area (Å²) in [5, 5.41) is 6.15. The van der Waals surface area contributed by atoms with E-state index in [1.54, 1.807) is 6.07 Å². The van der Waals surface area contributed by atoms with Crippen LogP contribution in [0.4, 0.5) is 5.69 Å². The molecule has 1 atom stereocenters. The number of carbonyl (C=O) groups excluding carboxylic acids is 1. The number of halogens is 2. The molecule has 1 amide bonds. The van der Waals surface area contributed by atoms with Crippen molar-refractivity contribution in [3.05, 3.63) is 44.9 Å². The Morgan fingerprint density at radius 2 is 2.25 bits per heavy atom. The maximum Gasteiger partial charge on any atom is 0.234 e. The lowest BCUT2D eigenvalue weighted by molar-refractivity contribution is -0.117. The number of carbonyl (C=O) groups is 1. The molecule has 0 aliphatic carbocycles. The van der Waals surface area contributed by atoms with Crippen molar-refractivity contribution in [3.63, 3.8) is 0 Å². The van der Waals surface area contributed by atoms with Crippen molar-refractivity contribution in [1.29, 1.82) is 0 Å². The van der Waals surface area contributed by atoms with Gasteiger partial charge in [-0.2, -0.15) is 0 Å². The first-order chi connectivity index (χ1) is 9.52. The third kappa shape index (κ3) is 3.32. The number of nitrogens with one attached hydrogen (secondary N) is 1. The SMILES string of the molecule is Cc1c(Cl)cccc1NC(=O)C(C)c1nc(CCl)cs1. The number of benzene rings is 1. The predicted molar refractivity (Wildman–Crippen MR) is 84.9 cm³/mol. The maximum atomic E-state index is 12.3. The first kappa shape index (κ1) is 15.3. The number of hydrogen-bond donors (Lipinski definition) is 1. The minimum absolute atomic E-state index is 0.106. The number of aromatic nitrogens is 1. The second kappa shape index (κ2) is 6.57. The number of anilines is 1. The van der Waals surface area contributed by atoms with Gasteiger partial charge in [0.15, 0.2) is 0 Å². The van der Waals surface area contributed by atoms with Gasteiger partial charge in [-0.05, 0) is 31.5 Å². The van der Waals surface area contributed by atoms with E-state index < -0.39 is 0 Å². The van der Waals surface area contributed by atoms with Crippen molar-refractivity contribution in [2.75, 3.05) is 5.32 Å². The largest absolute Gasteiger partial charge is 0.325 e. The summed E-state index contributed by atoms with van der Waals surface area (Å²) in [4.78, 5) is 16.6. The van der Waals surface area contributed by atoms with E-state index in [1.807, 2.05) is 31.4 Å². The Hall–Kier alpha value is -1.10. The summed E-state index contributed by atoms with van der Waals surface area (Å²) < 4.78 is 0. The third-order valence-electron chi connectivity index (χ3n) is 3.00. The van der Waals surface area contributed by atoms with E-state index in [1.165, 1.54) is 11.3 Å². The third-order valence-corrected chi connectivity index (χ3v) is 4.76. The molecule has 0 aliphatic rings. The molecule has 0 radical (unpaired) electrons. The zero-order valence-electron chi connectivity index (χ0n) is 11.1. The van der Waals surface area contributed by atoms with Crippen LogP contribution in [0.25, 0.3) is 0 Å². The summed E-state index contributed by atoms with van der Waals surface area (Å²) >= 11 is 13.2. The molecular formula is C14H14Cl2N2OS. The highest BCUT2D eigenvalue weighted by Gasteiger charge is 2.19. The van der Waals surface area contributed by atoms with Gasteiger partial charge in [0.1, 0.15) is 5.01 Å². The summed E-state index contributed by atoms with van der Waals surface area (Å²) in [6.45, 7) is 3.70. The van der Waals surface area contributed by atoms with Crippen molar-refractivity contribution < 1.29 is 4.79 Å². The van der Waals surface area contributed by atoms with E-state index in [-0.39, 0.29) is 11.8 Å². The van der Waals surface area contributed by atoms with E-state index in [4.69, 9.17) is 23.2 Å². The van der Waals surface area contributed by atoms with E-state index in [0.29, 0.717) is 10.9 Å². The van der Waals surface area contributed by atoms with Crippen molar-refractivity contribution in [1.82, 2.24) is 4.98 Å². The highest BCUT2D eigenvalue weighted by molar-refractivity contribution is 7.09. The Kier molecular flexibility index (Phi) is 5.02. The number of hydrogen-bond acceptors (Lipinski definition) is 3. The Bertz CT molecular complexity index is 627. The van der Waals surface area contributed by atoms with Crippen LogP contribution in [0.5, 0.6) is 0 Å². The fourth-order valence-corrected chi connectivity index (χ4v) is 2.96. The predicted octanol–water partition coefficient (Wildman–Crippen LogP) is 4.59. The molecule has 3 nitrogen and oxygen atoms in total. The van der Waals surface area contributed by atoms with Gasteiger partial charge >= 0.3 is 0 Å². The van der Waals surface area contributed by atoms with Crippen LogP contribution in [0.3, 0.4) is 0 Å². The Balaban J connectivity index is 2.13. The average molecular weight is 329 g/mol. The van der Waals surface area contributed by atoms with E-state index >= 15 is 0 Å². The van der Waals surface area contributed by atoms with Gasteiger partial charge in [-0.25, -0.2) is 4.98 Å². The molecule has 20 heavy (non-hydrogen) atoms. The van der Waals surface area contributed by atoms with Crippen LogP contribution in [0.2, 0.25) is 5.02 Å². The fourth-order valence-electron chi connectivity index (χ4n) is 1.68. The van der Waals surface area contributed by atoms with Gasteiger partial charge in [-0.3, -0.25) is 4.79 Å². The molecule has 0 aliphatic heterocycles.